The van der Waals surface area contributed by atoms with Crippen LogP contribution in [0.25, 0.3) is 0 Å². The Labute approximate surface area is 117 Å². The number of pyridine rings is 1. The highest BCUT2D eigenvalue weighted by Crippen LogP contribution is 2.32. The molecule has 1 aromatic heterocycles. The van der Waals surface area contributed by atoms with Gasteiger partial charge in [-0.3, -0.25) is 0 Å². The van der Waals surface area contributed by atoms with E-state index < -0.39 is 0 Å². The Balaban J connectivity index is 2.18. The highest BCUT2D eigenvalue weighted by atomic mass is 35.5. The van der Waals surface area contributed by atoms with Crippen molar-refractivity contribution in [2.45, 2.75) is 29.7 Å². The van der Waals surface area contributed by atoms with Crippen molar-refractivity contribution in [1.29, 1.82) is 0 Å². The fourth-order valence-corrected chi connectivity index (χ4v) is 2.60. The number of nitrogens with two attached hydrogens (primary N) is 1. The molecule has 2 rings (SSSR count). The summed E-state index contributed by atoms with van der Waals surface area (Å²) in [5, 5.41) is 1.37. The summed E-state index contributed by atoms with van der Waals surface area (Å²) in [4.78, 5) is 5.36. The van der Waals surface area contributed by atoms with Crippen molar-refractivity contribution < 1.29 is 0 Å². The molecule has 4 heteroatoms. The molecule has 0 fully saturated rings. The highest BCUT2D eigenvalue weighted by molar-refractivity contribution is 7.99. The van der Waals surface area contributed by atoms with Crippen LogP contribution in [0.5, 0.6) is 0 Å². The van der Waals surface area contributed by atoms with E-state index in [4.69, 9.17) is 17.3 Å². The van der Waals surface area contributed by atoms with E-state index in [1.807, 2.05) is 0 Å². The zero-order valence-electron chi connectivity index (χ0n) is 10.4. The van der Waals surface area contributed by atoms with E-state index in [1.54, 1.807) is 24.0 Å². The SMILES string of the molecule is CC(C)c1ccc(Sc2ncc(N)cc2Cl)cc1. The van der Waals surface area contributed by atoms with Gasteiger partial charge >= 0.3 is 0 Å². The lowest BCUT2D eigenvalue weighted by Gasteiger charge is -2.07. The fourth-order valence-electron chi connectivity index (χ4n) is 1.55. The molecule has 0 bridgehead atoms. The first-order valence-electron chi connectivity index (χ1n) is 5.75. The number of nitrogen functional groups attached to an aromatic ring is 1. The maximum atomic E-state index is 6.10. The van der Waals surface area contributed by atoms with Gasteiger partial charge in [-0.15, -0.1) is 0 Å². The van der Waals surface area contributed by atoms with Gasteiger partial charge < -0.3 is 5.73 Å². The summed E-state index contributed by atoms with van der Waals surface area (Å²) in [6.45, 7) is 4.36. The molecule has 0 aliphatic carbocycles. The fraction of sp³-hybridized carbons (Fsp3) is 0.214. The van der Waals surface area contributed by atoms with E-state index in [2.05, 4.69) is 43.1 Å². The number of benzene rings is 1. The number of hydrogen-bond donors (Lipinski definition) is 1. The third kappa shape index (κ3) is 3.18. The predicted octanol–water partition coefficient (Wildman–Crippen LogP) is 4.59. The zero-order valence-corrected chi connectivity index (χ0v) is 11.9. The smallest absolute Gasteiger partial charge is 0.120 e. The van der Waals surface area contributed by atoms with Gasteiger partial charge in [0.25, 0.3) is 0 Å². The first kappa shape index (κ1) is 13.2. The van der Waals surface area contributed by atoms with Gasteiger partial charge in [-0.25, -0.2) is 4.98 Å². The second-order valence-corrected chi connectivity index (χ2v) is 5.85. The molecule has 1 aromatic carbocycles. The van der Waals surface area contributed by atoms with E-state index in [0.29, 0.717) is 16.6 Å². The van der Waals surface area contributed by atoms with Crippen LogP contribution in [0.15, 0.2) is 46.5 Å². The Bertz CT molecular complexity index is 538. The van der Waals surface area contributed by atoms with Crippen molar-refractivity contribution >= 4 is 29.1 Å². The number of nitrogens with zero attached hydrogens (tertiary/aromatic N) is 1. The summed E-state index contributed by atoms with van der Waals surface area (Å²) in [5.74, 6) is 0.544. The molecule has 2 nitrogen and oxygen atoms in total. The average molecular weight is 279 g/mol. The van der Waals surface area contributed by atoms with Gasteiger partial charge in [0.15, 0.2) is 0 Å². The van der Waals surface area contributed by atoms with Crippen LogP contribution in [0, 0.1) is 0 Å². The minimum absolute atomic E-state index is 0.544. The first-order valence-corrected chi connectivity index (χ1v) is 6.94. The summed E-state index contributed by atoms with van der Waals surface area (Å²) in [6, 6.07) is 10.2. The Kier molecular flexibility index (Phi) is 4.15. The molecule has 94 valence electrons. The Morgan fingerprint density at radius 3 is 2.44 bits per heavy atom. The summed E-state index contributed by atoms with van der Waals surface area (Å²) >= 11 is 7.64. The highest BCUT2D eigenvalue weighted by Gasteiger charge is 2.05. The van der Waals surface area contributed by atoms with Crippen LogP contribution in [-0.2, 0) is 0 Å². The van der Waals surface area contributed by atoms with Crippen LogP contribution in [0.1, 0.15) is 25.3 Å². The van der Waals surface area contributed by atoms with E-state index in [1.165, 1.54) is 5.56 Å². The van der Waals surface area contributed by atoms with E-state index in [0.717, 1.165) is 9.92 Å². The minimum Gasteiger partial charge on any atom is -0.397 e. The Morgan fingerprint density at radius 2 is 1.89 bits per heavy atom. The molecule has 0 saturated carbocycles. The lowest BCUT2D eigenvalue weighted by Crippen LogP contribution is -1.89. The second kappa shape index (κ2) is 5.63. The summed E-state index contributed by atoms with van der Waals surface area (Å²) in [5.41, 5.74) is 7.53. The summed E-state index contributed by atoms with van der Waals surface area (Å²) < 4.78 is 0. The van der Waals surface area contributed by atoms with Gasteiger partial charge in [0, 0.05) is 4.90 Å². The molecule has 2 aromatic rings. The van der Waals surface area contributed by atoms with Gasteiger partial charge in [0.2, 0.25) is 0 Å². The second-order valence-electron chi connectivity index (χ2n) is 4.38. The molecule has 0 spiro atoms. The molecule has 0 unspecified atom stereocenters. The molecule has 18 heavy (non-hydrogen) atoms. The van der Waals surface area contributed by atoms with Crippen molar-refractivity contribution in [2.24, 2.45) is 0 Å². The van der Waals surface area contributed by atoms with Crippen LogP contribution in [-0.4, -0.2) is 4.98 Å². The number of aromatic nitrogens is 1. The quantitative estimate of drug-likeness (QED) is 0.892. The molecule has 0 aliphatic heterocycles. The van der Waals surface area contributed by atoms with Crippen LogP contribution in [0.4, 0.5) is 5.69 Å². The molecule has 0 amide bonds. The maximum absolute atomic E-state index is 6.10. The minimum atomic E-state index is 0.544. The van der Waals surface area contributed by atoms with Crippen molar-refractivity contribution in [3.8, 4) is 0 Å². The average Bonchev–Trinajstić information content (AvgIpc) is 2.33. The standard InChI is InChI=1S/C14H15ClN2S/c1-9(2)10-3-5-12(6-4-10)18-14-13(15)7-11(16)8-17-14/h3-9H,16H2,1-2H3. The van der Waals surface area contributed by atoms with Crippen LogP contribution >= 0.6 is 23.4 Å². The number of rotatable bonds is 3. The summed E-state index contributed by atoms with van der Waals surface area (Å²) in [6.07, 6.45) is 1.62. The molecule has 1 heterocycles. The number of hydrogen-bond acceptors (Lipinski definition) is 3. The molecule has 0 saturated heterocycles. The lowest BCUT2D eigenvalue weighted by atomic mass is 10.0. The predicted molar refractivity (Wildman–Crippen MR) is 78.3 cm³/mol. The Morgan fingerprint density at radius 1 is 1.22 bits per heavy atom. The van der Waals surface area contributed by atoms with Gasteiger partial charge in [-0.05, 0) is 29.7 Å². The first-order chi connectivity index (χ1) is 8.56. The van der Waals surface area contributed by atoms with Crippen LogP contribution in [0.3, 0.4) is 0 Å². The van der Waals surface area contributed by atoms with Crippen LogP contribution < -0.4 is 5.73 Å². The van der Waals surface area contributed by atoms with Crippen LogP contribution in [0.2, 0.25) is 5.02 Å². The van der Waals surface area contributed by atoms with Crippen molar-refractivity contribution in [2.75, 3.05) is 5.73 Å². The molecule has 0 aliphatic rings. The van der Waals surface area contributed by atoms with E-state index >= 15 is 0 Å². The monoisotopic (exact) mass is 278 g/mol. The molecular weight excluding hydrogens is 264 g/mol. The molecule has 0 atom stereocenters. The van der Waals surface area contributed by atoms with E-state index in [9.17, 15) is 0 Å². The number of anilines is 1. The van der Waals surface area contributed by atoms with Gasteiger partial charge in [-0.2, -0.15) is 0 Å². The molecule has 0 radical (unpaired) electrons. The lowest BCUT2D eigenvalue weighted by molar-refractivity contribution is 0.865. The van der Waals surface area contributed by atoms with Gasteiger partial charge in [0.1, 0.15) is 5.03 Å². The molecular formula is C14H15ClN2S. The van der Waals surface area contributed by atoms with E-state index in [-0.39, 0.29) is 0 Å². The topological polar surface area (TPSA) is 38.9 Å². The largest absolute Gasteiger partial charge is 0.397 e. The molecule has 2 N–H and O–H groups in total. The maximum Gasteiger partial charge on any atom is 0.120 e. The third-order valence-corrected chi connectivity index (χ3v) is 4.02. The Hall–Kier alpha value is -1.19. The normalized spacial score (nSPS) is 10.9. The van der Waals surface area contributed by atoms with Crippen molar-refractivity contribution in [3.63, 3.8) is 0 Å². The van der Waals surface area contributed by atoms with Gasteiger partial charge in [-0.1, -0.05) is 49.3 Å². The zero-order chi connectivity index (χ0) is 13.1. The van der Waals surface area contributed by atoms with Gasteiger partial charge in [0.05, 0.1) is 16.9 Å². The van der Waals surface area contributed by atoms with Crippen molar-refractivity contribution in [1.82, 2.24) is 4.98 Å². The third-order valence-electron chi connectivity index (χ3n) is 2.59. The van der Waals surface area contributed by atoms with Crippen molar-refractivity contribution in [3.05, 3.63) is 47.1 Å². The summed E-state index contributed by atoms with van der Waals surface area (Å²) in [7, 11) is 0. The number of halogens is 1.